The molecule has 0 saturated carbocycles. The third-order valence-corrected chi connectivity index (χ3v) is 6.75. The standard InChI is InChI=1S/C22H16S2/c1-3-21(23-9-1)17-7-5-15-12-20-14-18(22-4-2-10-24-22)8-6-16(20)11-19(15)13-17/h1-3,5-14,22H,4H2. The van der Waals surface area contributed by atoms with Gasteiger partial charge in [-0.3, -0.25) is 0 Å². The van der Waals surface area contributed by atoms with Gasteiger partial charge in [-0.1, -0.05) is 36.4 Å². The Morgan fingerprint density at radius 1 is 0.792 bits per heavy atom. The van der Waals surface area contributed by atoms with Crippen molar-refractivity contribution in [2.45, 2.75) is 11.7 Å². The molecule has 1 aliphatic heterocycles. The van der Waals surface area contributed by atoms with Gasteiger partial charge < -0.3 is 0 Å². The van der Waals surface area contributed by atoms with E-state index in [0.717, 1.165) is 6.42 Å². The van der Waals surface area contributed by atoms with E-state index in [9.17, 15) is 0 Å². The second-order valence-electron chi connectivity index (χ2n) is 6.23. The molecule has 0 nitrogen and oxygen atoms in total. The lowest BCUT2D eigenvalue weighted by Crippen LogP contribution is -1.88. The zero-order chi connectivity index (χ0) is 15.9. The van der Waals surface area contributed by atoms with Gasteiger partial charge in [0.1, 0.15) is 0 Å². The Morgan fingerprint density at radius 3 is 2.38 bits per heavy atom. The Kier molecular flexibility index (Phi) is 3.46. The Balaban J connectivity index is 1.63. The molecular weight excluding hydrogens is 328 g/mol. The van der Waals surface area contributed by atoms with Gasteiger partial charge in [-0.25, -0.2) is 0 Å². The molecule has 0 spiro atoms. The number of thiophene rings is 1. The molecule has 1 unspecified atom stereocenters. The third kappa shape index (κ3) is 2.47. The van der Waals surface area contributed by atoms with Crippen LogP contribution in [0.15, 0.2) is 77.5 Å². The molecule has 0 amide bonds. The molecule has 24 heavy (non-hydrogen) atoms. The summed E-state index contributed by atoms with van der Waals surface area (Å²) in [6.45, 7) is 0. The van der Waals surface area contributed by atoms with Crippen LogP contribution < -0.4 is 0 Å². The summed E-state index contributed by atoms with van der Waals surface area (Å²) >= 11 is 3.72. The summed E-state index contributed by atoms with van der Waals surface area (Å²) < 4.78 is 0. The number of rotatable bonds is 2. The summed E-state index contributed by atoms with van der Waals surface area (Å²) in [6, 6.07) is 22.7. The van der Waals surface area contributed by atoms with Crippen LogP contribution in [0.25, 0.3) is 32.0 Å². The molecule has 0 N–H and O–H groups in total. The van der Waals surface area contributed by atoms with Crippen molar-refractivity contribution in [2.75, 3.05) is 0 Å². The highest BCUT2D eigenvalue weighted by Gasteiger charge is 2.14. The first-order chi connectivity index (χ1) is 11.9. The van der Waals surface area contributed by atoms with Gasteiger partial charge in [0.05, 0.1) is 0 Å². The summed E-state index contributed by atoms with van der Waals surface area (Å²) in [5, 5.41) is 10.3. The van der Waals surface area contributed by atoms with E-state index < -0.39 is 0 Å². The van der Waals surface area contributed by atoms with Crippen LogP contribution in [-0.2, 0) is 0 Å². The van der Waals surface area contributed by atoms with Crippen LogP contribution in [-0.4, -0.2) is 0 Å². The number of hydrogen-bond acceptors (Lipinski definition) is 2. The van der Waals surface area contributed by atoms with E-state index in [0.29, 0.717) is 5.25 Å². The predicted molar refractivity (Wildman–Crippen MR) is 109 cm³/mol. The van der Waals surface area contributed by atoms with Crippen LogP contribution in [0.5, 0.6) is 0 Å². The highest BCUT2D eigenvalue weighted by Crippen LogP contribution is 2.39. The second kappa shape index (κ2) is 5.80. The molecule has 3 aromatic carbocycles. The zero-order valence-electron chi connectivity index (χ0n) is 13.1. The highest BCUT2D eigenvalue weighted by atomic mass is 32.2. The van der Waals surface area contributed by atoms with Crippen molar-refractivity contribution < 1.29 is 0 Å². The fourth-order valence-electron chi connectivity index (χ4n) is 3.41. The first-order valence-electron chi connectivity index (χ1n) is 8.19. The molecule has 4 aromatic rings. The average molecular weight is 345 g/mol. The van der Waals surface area contributed by atoms with E-state index in [-0.39, 0.29) is 0 Å². The molecule has 1 atom stereocenters. The Morgan fingerprint density at radius 2 is 1.62 bits per heavy atom. The van der Waals surface area contributed by atoms with Gasteiger partial charge in [0.15, 0.2) is 0 Å². The Bertz CT molecular complexity index is 1050. The maximum atomic E-state index is 2.37. The molecule has 1 aliphatic rings. The SMILES string of the molecule is C1=CSC(c2ccc3cc4cc(-c5cccs5)ccc4cc3c2)C1. The van der Waals surface area contributed by atoms with E-state index >= 15 is 0 Å². The molecule has 5 rings (SSSR count). The van der Waals surface area contributed by atoms with E-state index in [2.05, 4.69) is 77.5 Å². The molecule has 0 bridgehead atoms. The van der Waals surface area contributed by atoms with E-state index in [1.165, 1.54) is 37.5 Å². The van der Waals surface area contributed by atoms with Crippen LogP contribution in [0.3, 0.4) is 0 Å². The largest absolute Gasteiger partial charge is 0.144 e. The molecule has 0 saturated heterocycles. The number of thioether (sulfide) groups is 1. The summed E-state index contributed by atoms with van der Waals surface area (Å²) in [5.74, 6) is 0. The van der Waals surface area contributed by atoms with Crippen molar-refractivity contribution in [3.05, 3.63) is 83.1 Å². The third-order valence-electron chi connectivity index (χ3n) is 4.69. The molecule has 2 heterocycles. The van der Waals surface area contributed by atoms with Gasteiger partial charge in [0, 0.05) is 10.1 Å². The van der Waals surface area contributed by atoms with Crippen LogP contribution in [0.4, 0.5) is 0 Å². The maximum absolute atomic E-state index is 2.37. The number of benzene rings is 3. The highest BCUT2D eigenvalue weighted by molar-refractivity contribution is 8.02. The molecule has 0 radical (unpaired) electrons. The van der Waals surface area contributed by atoms with Crippen LogP contribution >= 0.6 is 23.1 Å². The lowest BCUT2D eigenvalue weighted by Gasteiger charge is -2.11. The minimum Gasteiger partial charge on any atom is -0.144 e. The first kappa shape index (κ1) is 14.3. The smallest absolute Gasteiger partial charge is 0.0373 e. The quantitative estimate of drug-likeness (QED) is 0.341. The van der Waals surface area contributed by atoms with Crippen molar-refractivity contribution in [3.8, 4) is 10.4 Å². The van der Waals surface area contributed by atoms with Gasteiger partial charge >= 0.3 is 0 Å². The Labute approximate surface area is 149 Å². The van der Waals surface area contributed by atoms with Crippen molar-refractivity contribution in [3.63, 3.8) is 0 Å². The van der Waals surface area contributed by atoms with Gasteiger partial charge in [-0.05, 0) is 80.2 Å². The fourth-order valence-corrected chi connectivity index (χ4v) is 5.07. The molecule has 1 aromatic heterocycles. The summed E-state index contributed by atoms with van der Waals surface area (Å²) in [7, 11) is 0. The molecule has 116 valence electrons. The Hall–Kier alpha value is -2.03. The minimum absolute atomic E-state index is 0.589. The van der Waals surface area contributed by atoms with Crippen LogP contribution in [0.2, 0.25) is 0 Å². The van der Waals surface area contributed by atoms with Crippen LogP contribution in [0, 0.1) is 0 Å². The van der Waals surface area contributed by atoms with Crippen molar-refractivity contribution in [2.24, 2.45) is 0 Å². The fraction of sp³-hybridized carbons (Fsp3) is 0.0909. The van der Waals surface area contributed by atoms with Crippen molar-refractivity contribution in [1.82, 2.24) is 0 Å². The van der Waals surface area contributed by atoms with Crippen LogP contribution in [0.1, 0.15) is 17.2 Å². The molecule has 0 aliphatic carbocycles. The van der Waals surface area contributed by atoms with Crippen molar-refractivity contribution >= 4 is 44.6 Å². The zero-order valence-corrected chi connectivity index (χ0v) is 14.7. The molecular formula is C22H16S2. The summed E-state index contributed by atoms with van der Waals surface area (Å²) in [5.41, 5.74) is 2.74. The molecule has 0 fully saturated rings. The van der Waals surface area contributed by atoms with Crippen molar-refractivity contribution in [1.29, 1.82) is 0 Å². The van der Waals surface area contributed by atoms with Gasteiger partial charge in [-0.2, -0.15) is 0 Å². The topological polar surface area (TPSA) is 0 Å². The lowest BCUT2D eigenvalue weighted by atomic mass is 9.98. The predicted octanol–water partition coefficient (Wildman–Crippen LogP) is 7.41. The lowest BCUT2D eigenvalue weighted by molar-refractivity contribution is 0.993. The van der Waals surface area contributed by atoms with E-state index in [1.54, 1.807) is 11.3 Å². The maximum Gasteiger partial charge on any atom is 0.0373 e. The molecule has 2 heteroatoms. The van der Waals surface area contributed by atoms with E-state index in [1.807, 2.05) is 11.8 Å². The summed E-state index contributed by atoms with van der Waals surface area (Å²) in [6.07, 6.45) is 3.42. The summed E-state index contributed by atoms with van der Waals surface area (Å²) in [4.78, 5) is 1.33. The second-order valence-corrected chi connectivity index (χ2v) is 8.29. The van der Waals surface area contributed by atoms with E-state index in [4.69, 9.17) is 0 Å². The normalized spacial score (nSPS) is 17.1. The number of allylic oxidation sites excluding steroid dienone is 1. The van der Waals surface area contributed by atoms with Gasteiger partial charge in [0.2, 0.25) is 0 Å². The monoisotopic (exact) mass is 344 g/mol. The number of fused-ring (bicyclic) bond motifs is 2. The van der Waals surface area contributed by atoms with Gasteiger partial charge in [0.25, 0.3) is 0 Å². The number of hydrogen-bond donors (Lipinski definition) is 0. The first-order valence-corrected chi connectivity index (χ1v) is 10.0. The average Bonchev–Trinajstić information content (AvgIpc) is 3.32. The minimum atomic E-state index is 0.589. The van der Waals surface area contributed by atoms with Gasteiger partial charge in [-0.15, -0.1) is 23.1 Å².